The van der Waals surface area contributed by atoms with E-state index in [4.69, 9.17) is 9.26 Å². The Labute approximate surface area is 104 Å². The number of nitrogens with zero attached hydrogens (tertiary/aromatic N) is 2. The number of methoxy groups -OCH3 is 1. The summed E-state index contributed by atoms with van der Waals surface area (Å²) in [4.78, 5) is 4.36. The molecule has 0 unspecified atom stereocenters. The molecule has 0 atom stereocenters. The Morgan fingerprint density at radius 1 is 1.28 bits per heavy atom. The van der Waals surface area contributed by atoms with Crippen molar-refractivity contribution in [2.45, 2.75) is 24.9 Å². The summed E-state index contributed by atoms with van der Waals surface area (Å²) in [7, 11) is 1.63. The van der Waals surface area contributed by atoms with E-state index < -0.39 is 0 Å². The van der Waals surface area contributed by atoms with Gasteiger partial charge in [0.2, 0.25) is 11.7 Å². The SMILES string of the molecule is COc1ccc(-c2noc(C3CC(O)C3)n2)cc1. The monoisotopic (exact) mass is 246 g/mol. The Kier molecular flexibility index (Phi) is 2.76. The lowest BCUT2D eigenvalue weighted by Gasteiger charge is -2.27. The fourth-order valence-electron chi connectivity index (χ4n) is 2.05. The number of hydrogen-bond acceptors (Lipinski definition) is 5. The van der Waals surface area contributed by atoms with E-state index in [2.05, 4.69) is 10.1 Å². The molecular weight excluding hydrogens is 232 g/mol. The van der Waals surface area contributed by atoms with Gasteiger partial charge in [-0.05, 0) is 37.1 Å². The van der Waals surface area contributed by atoms with Crippen LogP contribution >= 0.6 is 0 Å². The third kappa shape index (κ3) is 1.97. The predicted molar refractivity (Wildman–Crippen MR) is 64.3 cm³/mol. The summed E-state index contributed by atoms with van der Waals surface area (Å²) in [6.07, 6.45) is 1.21. The van der Waals surface area contributed by atoms with Crippen LogP contribution in [0.15, 0.2) is 28.8 Å². The van der Waals surface area contributed by atoms with Gasteiger partial charge in [0, 0.05) is 11.5 Å². The van der Waals surface area contributed by atoms with Gasteiger partial charge >= 0.3 is 0 Å². The van der Waals surface area contributed by atoms with Crippen molar-refractivity contribution in [2.75, 3.05) is 7.11 Å². The first-order chi connectivity index (χ1) is 8.76. The van der Waals surface area contributed by atoms with Gasteiger partial charge in [-0.1, -0.05) is 5.16 Å². The zero-order valence-electron chi connectivity index (χ0n) is 10.0. The molecule has 0 spiro atoms. The van der Waals surface area contributed by atoms with Crippen molar-refractivity contribution in [1.82, 2.24) is 10.1 Å². The highest BCUT2D eigenvalue weighted by Crippen LogP contribution is 2.36. The van der Waals surface area contributed by atoms with Gasteiger partial charge in [-0.25, -0.2) is 0 Å². The van der Waals surface area contributed by atoms with Crippen molar-refractivity contribution in [3.05, 3.63) is 30.2 Å². The fourth-order valence-corrected chi connectivity index (χ4v) is 2.05. The molecule has 94 valence electrons. The van der Waals surface area contributed by atoms with E-state index in [-0.39, 0.29) is 12.0 Å². The first-order valence-electron chi connectivity index (χ1n) is 5.92. The second-order valence-electron chi connectivity index (χ2n) is 4.51. The van der Waals surface area contributed by atoms with Gasteiger partial charge in [-0.3, -0.25) is 0 Å². The van der Waals surface area contributed by atoms with Crippen LogP contribution in [-0.4, -0.2) is 28.5 Å². The van der Waals surface area contributed by atoms with Crippen molar-refractivity contribution < 1.29 is 14.4 Å². The van der Waals surface area contributed by atoms with Crippen LogP contribution in [0.3, 0.4) is 0 Å². The quantitative estimate of drug-likeness (QED) is 0.896. The van der Waals surface area contributed by atoms with Gasteiger partial charge in [0.05, 0.1) is 13.2 Å². The van der Waals surface area contributed by atoms with Crippen LogP contribution in [0.25, 0.3) is 11.4 Å². The molecule has 1 aliphatic carbocycles. The highest BCUT2D eigenvalue weighted by atomic mass is 16.5. The summed E-state index contributed by atoms with van der Waals surface area (Å²) in [6.45, 7) is 0. The van der Waals surface area contributed by atoms with Crippen LogP contribution in [0.4, 0.5) is 0 Å². The van der Waals surface area contributed by atoms with Crippen LogP contribution < -0.4 is 4.74 Å². The smallest absolute Gasteiger partial charge is 0.230 e. The average Bonchev–Trinajstić information content (AvgIpc) is 2.84. The minimum absolute atomic E-state index is 0.208. The second kappa shape index (κ2) is 4.42. The fraction of sp³-hybridized carbons (Fsp3) is 0.385. The molecule has 1 aliphatic rings. The van der Waals surface area contributed by atoms with E-state index in [0.717, 1.165) is 11.3 Å². The highest BCUT2D eigenvalue weighted by molar-refractivity contribution is 5.55. The number of aliphatic hydroxyl groups is 1. The zero-order chi connectivity index (χ0) is 12.5. The minimum atomic E-state index is -0.216. The van der Waals surface area contributed by atoms with Crippen LogP contribution in [0.2, 0.25) is 0 Å². The molecule has 0 bridgehead atoms. The first-order valence-corrected chi connectivity index (χ1v) is 5.92. The molecule has 3 rings (SSSR count). The van der Waals surface area contributed by atoms with E-state index >= 15 is 0 Å². The molecule has 0 saturated heterocycles. The number of aliphatic hydroxyl groups excluding tert-OH is 1. The van der Waals surface area contributed by atoms with E-state index in [0.29, 0.717) is 24.6 Å². The van der Waals surface area contributed by atoms with Gasteiger partial charge in [0.25, 0.3) is 0 Å². The maximum Gasteiger partial charge on any atom is 0.230 e. The van der Waals surface area contributed by atoms with Crippen LogP contribution in [0.1, 0.15) is 24.7 Å². The second-order valence-corrected chi connectivity index (χ2v) is 4.51. The summed E-state index contributed by atoms with van der Waals surface area (Å²) in [5.41, 5.74) is 0.894. The lowest BCUT2D eigenvalue weighted by atomic mass is 9.82. The molecule has 1 aromatic heterocycles. The summed E-state index contributed by atoms with van der Waals surface area (Å²) in [6, 6.07) is 7.50. The predicted octanol–water partition coefficient (Wildman–Crippen LogP) is 1.98. The third-order valence-corrected chi connectivity index (χ3v) is 3.25. The highest BCUT2D eigenvalue weighted by Gasteiger charge is 2.33. The van der Waals surface area contributed by atoms with Gasteiger partial charge in [0.15, 0.2) is 0 Å². The molecule has 1 heterocycles. The molecular formula is C13H14N2O3. The molecule has 0 aliphatic heterocycles. The van der Waals surface area contributed by atoms with Crippen molar-refractivity contribution >= 4 is 0 Å². The van der Waals surface area contributed by atoms with Crippen molar-refractivity contribution in [2.24, 2.45) is 0 Å². The van der Waals surface area contributed by atoms with Crippen LogP contribution in [0.5, 0.6) is 5.75 Å². The van der Waals surface area contributed by atoms with Gasteiger partial charge in [0.1, 0.15) is 5.75 Å². The van der Waals surface area contributed by atoms with E-state index in [1.807, 2.05) is 24.3 Å². The number of benzene rings is 1. The van der Waals surface area contributed by atoms with Crippen molar-refractivity contribution in [1.29, 1.82) is 0 Å². The molecule has 0 radical (unpaired) electrons. The summed E-state index contributed by atoms with van der Waals surface area (Å²) in [5.74, 6) is 2.20. The first kappa shape index (κ1) is 11.2. The molecule has 1 aromatic carbocycles. The van der Waals surface area contributed by atoms with E-state index in [9.17, 15) is 5.11 Å². The lowest BCUT2D eigenvalue weighted by molar-refractivity contribution is 0.0625. The topological polar surface area (TPSA) is 68.4 Å². The number of aromatic nitrogens is 2. The maximum atomic E-state index is 9.26. The van der Waals surface area contributed by atoms with Crippen LogP contribution in [0, 0.1) is 0 Å². The largest absolute Gasteiger partial charge is 0.497 e. The summed E-state index contributed by atoms with van der Waals surface area (Å²) < 4.78 is 10.3. The van der Waals surface area contributed by atoms with Gasteiger partial charge in [-0.15, -0.1) is 0 Å². The molecule has 18 heavy (non-hydrogen) atoms. The van der Waals surface area contributed by atoms with Gasteiger partial charge in [-0.2, -0.15) is 4.98 Å². The Hall–Kier alpha value is -1.88. The average molecular weight is 246 g/mol. The Morgan fingerprint density at radius 3 is 2.61 bits per heavy atom. The molecule has 2 aromatic rings. The standard InChI is InChI=1S/C13H14N2O3/c1-17-11-4-2-8(3-5-11)12-14-13(18-15-12)9-6-10(16)7-9/h2-5,9-10,16H,6-7H2,1H3. The molecule has 1 N–H and O–H groups in total. The van der Waals surface area contributed by atoms with Gasteiger partial charge < -0.3 is 14.4 Å². The Balaban J connectivity index is 1.79. The summed E-state index contributed by atoms with van der Waals surface area (Å²) >= 11 is 0. The molecule has 0 amide bonds. The van der Waals surface area contributed by atoms with Crippen LogP contribution in [-0.2, 0) is 0 Å². The third-order valence-electron chi connectivity index (χ3n) is 3.25. The number of hydrogen-bond donors (Lipinski definition) is 1. The Morgan fingerprint density at radius 2 is 2.00 bits per heavy atom. The zero-order valence-corrected chi connectivity index (χ0v) is 10.0. The Bertz CT molecular complexity index is 529. The van der Waals surface area contributed by atoms with E-state index in [1.54, 1.807) is 7.11 Å². The molecule has 1 fully saturated rings. The minimum Gasteiger partial charge on any atom is -0.497 e. The number of rotatable bonds is 3. The number of ether oxygens (including phenoxy) is 1. The van der Waals surface area contributed by atoms with Crippen molar-refractivity contribution in [3.8, 4) is 17.1 Å². The lowest BCUT2D eigenvalue weighted by Crippen LogP contribution is -2.26. The molecule has 5 heteroatoms. The van der Waals surface area contributed by atoms with Crippen molar-refractivity contribution in [3.63, 3.8) is 0 Å². The maximum absolute atomic E-state index is 9.26. The molecule has 5 nitrogen and oxygen atoms in total. The summed E-state index contributed by atoms with van der Waals surface area (Å²) in [5, 5.41) is 13.2. The van der Waals surface area contributed by atoms with E-state index in [1.165, 1.54) is 0 Å². The normalized spacial score (nSPS) is 22.6. The molecule has 1 saturated carbocycles.